The molecule has 6 nitrogen and oxygen atoms in total. The third kappa shape index (κ3) is 4.84. The molecular weight excluding hydrogens is 534 g/mol. The van der Waals surface area contributed by atoms with Crippen LogP contribution in [-0.4, -0.2) is 21.0 Å². The monoisotopic (exact) mass is 551 g/mol. The van der Waals surface area contributed by atoms with Crippen molar-refractivity contribution < 1.29 is 9.48 Å². The summed E-state index contributed by atoms with van der Waals surface area (Å²) in [6, 6.07) is 32.1. The topological polar surface area (TPSA) is 71.7 Å². The Morgan fingerprint density at radius 3 is 2.29 bits per heavy atom. The number of rotatable bonds is 5. The van der Waals surface area contributed by atoms with E-state index in [-0.39, 0.29) is 5.91 Å². The molecule has 0 atom stereocenters. The number of carbonyl (C=O) groups excluding carboxylic acids is 1. The lowest BCUT2D eigenvalue weighted by Crippen LogP contribution is -2.46. The van der Waals surface area contributed by atoms with Crippen LogP contribution < -0.4 is 10.00 Å². The number of aromatic nitrogens is 4. The van der Waals surface area contributed by atoms with Crippen LogP contribution >= 0.6 is 22.9 Å². The van der Waals surface area contributed by atoms with Crippen LogP contribution in [0.25, 0.3) is 32.9 Å². The standard InChI is InChI=1S/C29H18ClN5OS2/c30-21-14-10-20(11-15-21)28-35(34-29(37)38-28)27(36)19-12-16-22(17-13-19)31-26-23-8-4-5-9-24(23)32-25(33-26)18-6-2-1-3-7-18/h1-17H,(H-,31,32,33,34,36,37). The summed E-state index contributed by atoms with van der Waals surface area (Å²) < 4.78 is 1.73. The molecule has 9 heteroatoms. The Morgan fingerprint density at radius 2 is 1.53 bits per heavy atom. The first kappa shape index (κ1) is 24.1. The van der Waals surface area contributed by atoms with Crippen LogP contribution in [0, 0.1) is 0 Å². The van der Waals surface area contributed by atoms with Gasteiger partial charge in [0.2, 0.25) is 5.01 Å². The molecule has 38 heavy (non-hydrogen) atoms. The number of fused-ring (bicyclic) bond motifs is 1. The number of hydrogen-bond donors (Lipinski definition) is 1. The van der Waals surface area contributed by atoms with Gasteiger partial charge in [-0.15, -0.1) is 0 Å². The maximum Gasteiger partial charge on any atom is 0.449 e. The quantitative estimate of drug-likeness (QED) is 0.190. The maximum atomic E-state index is 13.4. The molecule has 0 saturated heterocycles. The van der Waals surface area contributed by atoms with E-state index in [1.54, 1.807) is 24.3 Å². The molecule has 0 amide bonds. The molecule has 0 aliphatic rings. The van der Waals surface area contributed by atoms with Crippen molar-refractivity contribution in [1.82, 2.24) is 15.1 Å². The highest BCUT2D eigenvalue weighted by Gasteiger charge is 2.25. The van der Waals surface area contributed by atoms with Crippen LogP contribution in [0.3, 0.4) is 0 Å². The second-order valence-corrected chi connectivity index (χ2v) is 10.4. The summed E-state index contributed by atoms with van der Waals surface area (Å²) >= 11 is 12.6. The fourth-order valence-corrected chi connectivity index (χ4v) is 5.22. The molecule has 0 unspecified atom stereocenters. The Bertz CT molecular complexity index is 1770. The van der Waals surface area contributed by atoms with E-state index in [1.165, 1.54) is 16.0 Å². The number of hydrogen-bond acceptors (Lipinski definition) is 7. The lowest BCUT2D eigenvalue weighted by molar-refractivity contribution is -0.621. The predicted molar refractivity (Wildman–Crippen MR) is 153 cm³/mol. The zero-order valence-corrected chi connectivity index (χ0v) is 22.1. The number of benzene rings is 4. The van der Waals surface area contributed by atoms with Crippen molar-refractivity contribution in [2.45, 2.75) is 4.34 Å². The van der Waals surface area contributed by atoms with Crippen molar-refractivity contribution in [3.63, 3.8) is 0 Å². The second kappa shape index (κ2) is 10.3. The Balaban J connectivity index is 1.31. The first-order valence-corrected chi connectivity index (χ1v) is 13.3. The molecule has 0 bridgehead atoms. The Kier molecular flexibility index (Phi) is 6.51. The highest BCUT2D eigenvalue weighted by Crippen LogP contribution is 2.28. The first-order chi connectivity index (χ1) is 18.5. The fraction of sp³-hybridized carbons (Fsp3) is 0. The van der Waals surface area contributed by atoms with Gasteiger partial charge in [-0.3, -0.25) is 11.3 Å². The fourth-order valence-electron chi connectivity index (χ4n) is 4.03. The van der Waals surface area contributed by atoms with Crippen LogP contribution in [0.4, 0.5) is 11.5 Å². The van der Waals surface area contributed by atoms with E-state index in [0.717, 1.165) is 27.7 Å². The van der Waals surface area contributed by atoms with E-state index in [4.69, 9.17) is 34.2 Å². The molecule has 4 aromatic carbocycles. The molecule has 1 N–H and O–H groups in total. The van der Waals surface area contributed by atoms with Crippen LogP contribution in [0.1, 0.15) is 10.4 Å². The molecule has 0 saturated carbocycles. The maximum absolute atomic E-state index is 13.4. The number of anilines is 2. The van der Waals surface area contributed by atoms with Gasteiger partial charge in [0.1, 0.15) is 5.82 Å². The van der Waals surface area contributed by atoms with Gasteiger partial charge in [0.25, 0.3) is 0 Å². The number of nitrogens with zero attached hydrogens (tertiary/aromatic N) is 4. The zero-order valence-electron chi connectivity index (χ0n) is 19.7. The summed E-state index contributed by atoms with van der Waals surface area (Å²) in [5.41, 5.74) is 3.85. The second-order valence-electron chi connectivity index (χ2n) is 8.38. The van der Waals surface area contributed by atoms with Crippen LogP contribution in [0.15, 0.2) is 107 Å². The average molecular weight is 552 g/mol. The Morgan fingerprint density at radius 1 is 0.816 bits per heavy atom. The van der Waals surface area contributed by atoms with Crippen LogP contribution in [0.2, 0.25) is 5.02 Å². The molecule has 0 aliphatic heterocycles. The zero-order chi connectivity index (χ0) is 26.1. The lowest BCUT2D eigenvalue weighted by atomic mass is 10.1. The van der Waals surface area contributed by atoms with Crippen molar-refractivity contribution >= 4 is 63.9 Å². The molecule has 0 spiro atoms. The van der Waals surface area contributed by atoms with Gasteiger partial charge in [-0.1, -0.05) is 54.1 Å². The highest BCUT2D eigenvalue weighted by atomic mass is 35.5. The minimum Gasteiger partial charge on any atom is -0.402 e. The SMILES string of the molecule is O=C(c1ccc(Nc2nc(-c3ccccc3)nc3ccccc23)cc1)[n+]1nc([S-])sc1-c1ccc(Cl)cc1. The summed E-state index contributed by atoms with van der Waals surface area (Å²) in [5.74, 6) is 1.05. The summed E-state index contributed by atoms with van der Waals surface area (Å²) in [6.07, 6.45) is 0. The van der Waals surface area contributed by atoms with Crippen molar-refractivity contribution in [3.05, 3.63) is 114 Å². The molecule has 6 rings (SSSR count). The normalized spacial score (nSPS) is 11.0. The third-order valence-corrected chi connectivity index (χ3v) is 7.31. The number of halogens is 1. The van der Waals surface area contributed by atoms with Gasteiger partial charge in [0, 0.05) is 31.6 Å². The Hall–Kier alpha value is -4.24. The van der Waals surface area contributed by atoms with E-state index in [0.29, 0.717) is 31.6 Å². The molecule has 0 aliphatic carbocycles. The van der Waals surface area contributed by atoms with Crippen molar-refractivity contribution in [1.29, 1.82) is 0 Å². The van der Waals surface area contributed by atoms with E-state index >= 15 is 0 Å². The van der Waals surface area contributed by atoms with E-state index in [1.807, 2.05) is 78.9 Å². The number of para-hydroxylation sites is 1. The summed E-state index contributed by atoms with van der Waals surface area (Å²) in [7, 11) is 0. The smallest absolute Gasteiger partial charge is 0.402 e. The lowest BCUT2D eigenvalue weighted by Gasteiger charge is -2.11. The van der Waals surface area contributed by atoms with Gasteiger partial charge in [-0.2, -0.15) is 0 Å². The average Bonchev–Trinajstić information content (AvgIpc) is 3.35. The molecule has 6 aromatic rings. The molecule has 184 valence electrons. The van der Waals surface area contributed by atoms with Crippen LogP contribution in [-0.2, 0) is 12.6 Å². The largest absolute Gasteiger partial charge is 0.449 e. The number of nitrogens with one attached hydrogen (secondary N) is 1. The van der Waals surface area contributed by atoms with Crippen molar-refractivity contribution in [2.75, 3.05) is 5.32 Å². The van der Waals surface area contributed by atoms with Gasteiger partial charge in [0.15, 0.2) is 5.82 Å². The van der Waals surface area contributed by atoms with E-state index in [9.17, 15) is 4.79 Å². The molecule has 0 radical (unpaired) electrons. The minimum absolute atomic E-state index is 0.271. The first-order valence-electron chi connectivity index (χ1n) is 11.7. The summed E-state index contributed by atoms with van der Waals surface area (Å²) in [4.78, 5) is 22.9. The minimum atomic E-state index is -0.271. The van der Waals surface area contributed by atoms with Gasteiger partial charge in [0.05, 0.1) is 11.1 Å². The van der Waals surface area contributed by atoms with Crippen molar-refractivity contribution in [2.24, 2.45) is 0 Å². The van der Waals surface area contributed by atoms with Crippen LogP contribution in [0.5, 0.6) is 0 Å². The summed E-state index contributed by atoms with van der Waals surface area (Å²) in [6.45, 7) is 0. The van der Waals surface area contributed by atoms with E-state index in [2.05, 4.69) is 10.4 Å². The summed E-state index contributed by atoms with van der Waals surface area (Å²) in [5, 5.41) is 9.85. The van der Waals surface area contributed by atoms with Crippen molar-refractivity contribution in [3.8, 4) is 22.0 Å². The number of carbonyl (C=O) groups is 1. The molecule has 2 aromatic heterocycles. The predicted octanol–water partition coefficient (Wildman–Crippen LogP) is 6.70. The highest BCUT2D eigenvalue weighted by molar-refractivity contribution is 7.62. The van der Waals surface area contributed by atoms with Gasteiger partial charge in [-0.25, -0.2) is 14.8 Å². The van der Waals surface area contributed by atoms with Gasteiger partial charge < -0.3 is 17.9 Å². The van der Waals surface area contributed by atoms with Gasteiger partial charge in [-0.05, 0) is 70.4 Å². The third-order valence-electron chi connectivity index (χ3n) is 5.87. The van der Waals surface area contributed by atoms with E-state index < -0.39 is 0 Å². The molecule has 0 fully saturated rings. The molecule has 2 heterocycles. The van der Waals surface area contributed by atoms with Gasteiger partial charge >= 0.3 is 5.91 Å². The Labute approximate surface area is 233 Å². The molecular formula is C29H18ClN5OS2.